The Hall–Kier alpha value is -2.50. The van der Waals surface area contributed by atoms with Gasteiger partial charge in [-0.2, -0.15) is 5.10 Å². The first kappa shape index (κ1) is 19.3. The Morgan fingerprint density at radius 3 is 2.44 bits per heavy atom. The zero-order valence-corrected chi connectivity index (χ0v) is 16.7. The minimum Gasteiger partial charge on any atom is -0.484 e. The van der Waals surface area contributed by atoms with E-state index in [0.29, 0.717) is 21.5 Å². The third-order valence-electron chi connectivity index (χ3n) is 4.10. The number of hydrogen-bond acceptors (Lipinski definition) is 3. The molecule has 0 aliphatic carbocycles. The lowest BCUT2D eigenvalue weighted by Gasteiger charge is -2.09. The molecule has 0 aliphatic rings. The summed E-state index contributed by atoms with van der Waals surface area (Å²) in [5.74, 6) is 0.194. The van der Waals surface area contributed by atoms with Gasteiger partial charge in [0, 0.05) is 6.07 Å². The van der Waals surface area contributed by atoms with E-state index in [0.717, 1.165) is 17.1 Å². The number of nitrogens with one attached hydrogen (secondary N) is 1. The van der Waals surface area contributed by atoms with Crippen molar-refractivity contribution in [2.45, 2.75) is 20.8 Å². The van der Waals surface area contributed by atoms with Gasteiger partial charge in [-0.3, -0.25) is 4.79 Å². The van der Waals surface area contributed by atoms with E-state index in [1.165, 1.54) is 5.56 Å². The van der Waals surface area contributed by atoms with Gasteiger partial charge in [0.1, 0.15) is 5.75 Å². The number of nitrogens with zero attached hydrogens (tertiary/aromatic N) is 2. The summed E-state index contributed by atoms with van der Waals surface area (Å²) in [6.45, 7) is 5.65. The van der Waals surface area contributed by atoms with E-state index in [1.54, 1.807) is 18.2 Å². The first-order valence-corrected chi connectivity index (χ1v) is 9.11. The fourth-order valence-corrected chi connectivity index (χ4v) is 2.94. The van der Waals surface area contributed by atoms with Crippen LogP contribution < -0.4 is 10.1 Å². The van der Waals surface area contributed by atoms with Crippen LogP contribution in [0.5, 0.6) is 5.75 Å². The predicted octanol–water partition coefficient (Wildman–Crippen LogP) is 5.12. The van der Waals surface area contributed by atoms with Crippen LogP contribution in [0.4, 0.5) is 5.69 Å². The molecule has 0 atom stereocenters. The fraction of sp³-hybridized carbons (Fsp3) is 0.200. The lowest BCUT2D eigenvalue weighted by atomic mass is 10.2. The van der Waals surface area contributed by atoms with Gasteiger partial charge < -0.3 is 10.1 Å². The van der Waals surface area contributed by atoms with Crippen molar-refractivity contribution in [2.75, 3.05) is 11.9 Å². The molecule has 0 aliphatic heterocycles. The average Bonchev–Trinajstić information content (AvgIpc) is 2.91. The summed E-state index contributed by atoms with van der Waals surface area (Å²) in [7, 11) is 0. The molecule has 1 N–H and O–H groups in total. The summed E-state index contributed by atoms with van der Waals surface area (Å²) in [5, 5.41) is 8.21. The van der Waals surface area contributed by atoms with Gasteiger partial charge >= 0.3 is 0 Å². The molecule has 27 heavy (non-hydrogen) atoms. The van der Waals surface area contributed by atoms with Crippen molar-refractivity contribution in [3.8, 4) is 11.4 Å². The zero-order valence-electron chi connectivity index (χ0n) is 15.2. The van der Waals surface area contributed by atoms with Gasteiger partial charge in [0.15, 0.2) is 6.61 Å². The van der Waals surface area contributed by atoms with Crippen molar-refractivity contribution < 1.29 is 9.53 Å². The topological polar surface area (TPSA) is 56.2 Å². The number of rotatable bonds is 5. The number of aromatic nitrogens is 2. The number of anilines is 1. The molecule has 0 radical (unpaired) electrons. The lowest BCUT2D eigenvalue weighted by Crippen LogP contribution is -2.21. The largest absolute Gasteiger partial charge is 0.484 e. The summed E-state index contributed by atoms with van der Waals surface area (Å²) in [5.41, 5.74) is 4.37. The number of aryl methyl sites for hydroxylation is 2. The number of carbonyl (C=O) groups excluding carboxylic acids is 1. The Bertz CT molecular complexity index is 982. The Morgan fingerprint density at radius 2 is 1.78 bits per heavy atom. The number of benzene rings is 2. The van der Waals surface area contributed by atoms with Crippen LogP contribution in [0.2, 0.25) is 10.0 Å². The summed E-state index contributed by atoms with van der Waals surface area (Å²) >= 11 is 11.8. The normalized spacial score (nSPS) is 10.7. The van der Waals surface area contributed by atoms with Crippen LogP contribution in [0, 0.1) is 20.8 Å². The maximum Gasteiger partial charge on any atom is 0.262 e. The van der Waals surface area contributed by atoms with Gasteiger partial charge in [-0.1, -0.05) is 40.9 Å². The number of carbonyl (C=O) groups is 1. The molecule has 0 bridgehead atoms. The SMILES string of the molecule is Cc1ccc(-n2nc(C)c(NC(=O)COc3ccc(Cl)c(Cl)c3)c2C)cc1. The van der Waals surface area contributed by atoms with Crippen LogP contribution in [-0.2, 0) is 4.79 Å². The molecular weight excluding hydrogens is 385 g/mol. The Morgan fingerprint density at radius 1 is 1.07 bits per heavy atom. The number of amides is 1. The molecule has 3 rings (SSSR count). The quantitative estimate of drug-likeness (QED) is 0.642. The molecule has 1 aromatic heterocycles. The second-order valence-electron chi connectivity index (χ2n) is 6.21. The van der Waals surface area contributed by atoms with Crippen molar-refractivity contribution in [3.63, 3.8) is 0 Å². The highest BCUT2D eigenvalue weighted by Gasteiger charge is 2.15. The van der Waals surface area contributed by atoms with Crippen LogP contribution in [0.3, 0.4) is 0 Å². The number of ether oxygens (including phenoxy) is 1. The van der Waals surface area contributed by atoms with Crippen LogP contribution in [0.1, 0.15) is 17.0 Å². The molecule has 140 valence electrons. The molecule has 1 amide bonds. The second-order valence-corrected chi connectivity index (χ2v) is 7.02. The van der Waals surface area contributed by atoms with Gasteiger partial charge in [0.05, 0.1) is 32.8 Å². The highest BCUT2D eigenvalue weighted by atomic mass is 35.5. The molecular formula is C20H19Cl2N3O2. The Balaban J connectivity index is 1.70. The van der Waals surface area contributed by atoms with E-state index >= 15 is 0 Å². The van der Waals surface area contributed by atoms with Crippen LogP contribution >= 0.6 is 23.2 Å². The standard InChI is InChI=1S/C20H19Cl2N3O2/c1-12-4-6-15(7-5-12)25-14(3)20(13(2)24-25)23-19(26)11-27-16-8-9-17(21)18(22)10-16/h4-10H,11H2,1-3H3,(H,23,26). The Kier molecular flexibility index (Phi) is 5.73. The lowest BCUT2D eigenvalue weighted by molar-refractivity contribution is -0.118. The molecule has 0 fully saturated rings. The van der Waals surface area contributed by atoms with Crippen molar-refractivity contribution in [1.82, 2.24) is 9.78 Å². The number of halogens is 2. The molecule has 0 saturated heterocycles. The zero-order chi connectivity index (χ0) is 19.6. The summed E-state index contributed by atoms with van der Waals surface area (Å²) in [4.78, 5) is 12.3. The van der Waals surface area contributed by atoms with Crippen molar-refractivity contribution in [1.29, 1.82) is 0 Å². The number of hydrogen-bond donors (Lipinski definition) is 1. The van der Waals surface area contributed by atoms with Crippen LogP contribution in [0.25, 0.3) is 5.69 Å². The molecule has 1 heterocycles. The van der Waals surface area contributed by atoms with E-state index in [2.05, 4.69) is 10.4 Å². The van der Waals surface area contributed by atoms with Crippen molar-refractivity contribution >= 4 is 34.8 Å². The second kappa shape index (κ2) is 8.03. The smallest absolute Gasteiger partial charge is 0.262 e. The van der Waals surface area contributed by atoms with Gasteiger partial charge in [0.2, 0.25) is 0 Å². The van der Waals surface area contributed by atoms with E-state index in [9.17, 15) is 4.79 Å². The maximum absolute atomic E-state index is 12.3. The minimum atomic E-state index is -0.282. The van der Waals surface area contributed by atoms with E-state index in [1.807, 2.05) is 49.7 Å². The maximum atomic E-state index is 12.3. The molecule has 0 spiro atoms. The van der Waals surface area contributed by atoms with Crippen molar-refractivity contribution in [2.24, 2.45) is 0 Å². The first-order chi connectivity index (χ1) is 12.8. The third kappa shape index (κ3) is 4.43. The summed E-state index contributed by atoms with van der Waals surface area (Å²) in [6.07, 6.45) is 0. The molecule has 0 unspecified atom stereocenters. The van der Waals surface area contributed by atoms with Gasteiger partial charge in [-0.15, -0.1) is 0 Å². The van der Waals surface area contributed by atoms with Gasteiger partial charge in [0.25, 0.3) is 5.91 Å². The average molecular weight is 404 g/mol. The highest BCUT2D eigenvalue weighted by molar-refractivity contribution is 6.42. The fourth-order valence-electron chi connectivity index (χ4n) is 2.65. The van der Waals surface area contributed by atoms with Crippen LogP contribution in [-0.4, -0.2) is 22.3 Å². The molecule has 7 heteroatoms. The van der Waals surface area contributed by atoms with Crippen LogP contribution in [0.15, 0.2) is 42.5 Å². The first-order valence-electron chi connectivity index (χ1n) is 8.36. The molecule has 3 aromatic rings. The molecule has 5 nitrogen and oxygen atoms in total. The van der Waals surface area contributed by atoms with Gasteiger partial charge in [-0.05, 0) is 45.0 Å². The minimum absolute atomic E-state index is 0.146. The molecule has 0 saturated carbocycles. The Labute approximate surface area is 167 Å². The summed E-state index contributed by atoms with van der Waals surface area (Å²) < 4.78 is 7.29. The van der Waals surface area contributed by atoms with E-state index in [-0.39, 0.29) is 12.5 Å². The van der Waals surface area contributed by atoms with E-state index in [4.69, 9.17) is 27.9 Å². The monoisotopic (exact) mass is 403 g/mol. The van der Waals surface area contributed by atoms with Crippen molar-refractivity contribution in [3.05, 3.63) is 69.5 Å². The van der Waals surface area contributed by atoms with Gasteiger partial charge in [-0.25, -0.2) is 4.68 Å². The predicted molar refractivity (Wildman–Crippen MR) is 108 cm³/mol. The highest BCUT2D eigenvalue weighted by Crippen LogP contribution is 2.26. The van der Waals surface area contributed by atoms with E-state index < -0.39 is 0 Å². The molecule has 2 aromatic carbocycles. The third-order valence-corrected chi connectivity index (χ3v) is 4.83. The summed E-state index contributed by atoms with van der Waals surface area (Å²) in [6, 6.07) is 12.9.